The molecule has 1 saturated heterocycles. The van der Waals surface area contributed by atoms with Crippen LogP contribution in [0.5, 0.6) is 0 Å². The van der Waals surface area contributed by atoms with Crippen LogP contribution in [0.15, 0.2) is 36.7 Å². The van der Waals surface area contributed by atoms with Crippen molar-refractivity contribution in [2.45, 2.75) is 76.2 Å². The average molecular weight is 437 g/mol. The number of aldehydes is 1. The van der Waals surface area contributed by atoms with Gasteiger partial charge in [-0.2, -0.15) is 0 Å². The number of nitrogens with one attached hydrogen (secondary N) is 1. The van der Waals surface area contributed by atoms with E-state index in [1.807, 2.05) is 0 Å². The van der Waals surface area contributed by atoms with Crippen molar-refractivity contribution in [3.63, 3.8) is 0 Å². The molecule has 1 aromatic carbocycles. The third-order valence-corrected chi connectivity index (χ3v) is 7.86. The van der Waals surface area contributed by atoms with Crippen molar-refractivity contribution in [2.24, 2.45) is 11.8 Å². The van der Waals surface area contributed by atoms with E-state index in [-0.39, 0.29) is 5.92 Å². The summed E-state index contributed by atoms with van der Waals surface area (Å²) in [6, 6.07) is 7.26. The second kappa shape index (κ2) is 10.2. The van der Waals surface area contributed by atoms with Gasteiger partial charge in [0.25, 0.3) is 0 Å². The van der Waals surface area contributed by atoms with Gasteiger partial charge in [-0.3, -0.25) is 0 Å². The summed E-state index contributed by atoms with van der Waals surface area (Å²) in [7, 11) is 3.25. The van der Waals surface area contributed by atoms with Crippen molar-refractivity contribution in [3.05, 3.63) is 47.8 Å². The Kier molecular flexibility index (Phi) is 7.40. The van der Waals surface area contributed by atoms with E-state index in [4.69, 9.17) is 0 Å². The van der Waals surface area contributed by atoms with Gasteiger partial charge in [-0.1, -0.05) is 32.1 Å². The lowest BCUT2D eigenvalue weighted by Gasteiger charge is -2.48. The minimum Gasteiger partial charge on any atom is -0.388 e. The van der Waals surface area contributed by atoms with E-state index >= 15 is 0 Å². The fourth-order valence-electron chi connectivity index (χ4n) is 6.24. The smallest absolute Gasteiger partial charge is 0.123 e. The predicted molar refractivity (Wildman–Crippen MR) is 132 cm³/mol. The highest BCUT2D eigenvalue weighted by atomic mass is 16.4. The van der Waals surface area contributed by atoms with Crippen molar-refractivity contribution < 1.29 is 9.53 Å². The van der Waals surface area contributed by atoms with Gasteiger partial charge in [0.05, 0.1) is 0 Å². The number of carbonyl (C=O) groups excluding carboxylic acids is 1. The molecule has 1 aromatic heterocycles. The van der Waals surface area contributed by atoms with Crippen molar-refractivity contribution >= 4 is 17.2 Å². The highest BCUT2D eigenvalue weighted by Crippen LogP contribution is 2.46. The predicted octanol–water partition coefficient (Wildman–Crippen LogP) is 6.39. The highest BCUT2D eigenvalue weighted by Gasteiger charge is 2.39. The third-order valence-electron chi connectivity index (χ3n) is 7.86. The zero-order valence-electron chi connectivity index (χ0n) is 20.1. The molecule has 1 aliphatic heterocycles. The molecule has 0 radical (unpaired) electrons. The number of aromatic amines is 1. The topological polar surface area (TPSA) is 45.3 Å². The van der Waals surface area contributed by atoms with Crippen LogP contribution in [-0.2, 0) is 9.53 Å². The second-order valence-corrected chi connectivity index (χ2v) is 10.2. The monoisotopic (exact) mass is 436 g/mol. The zero-order valence-corrected chi connectivity index (χ0v) is 20.1. The van der Waals surface area contributed by atoms with Gasteiger partial charge < -0.3 is 19.4 Å². The Morgan fingerprint density at radius 1 is 1.22 bits per heavy atom. The molecule has 174 valence electrons. The van der Waals surface area contributed by atoms with Gasteiger partial charge >= 0.3 is 0 Å². The summed E-state index contributed by atoms with van der Waals surface area (Å²) in [5, 5.41) is 1.46. The molecule has 4 atom stereocenters. The standard InChI is InChI=1S/C26H34N2O.C2H6O/c1-17(23-15-27-24-9-4-7-22(26(23)24)19-11-12-19)14-18(2)28-13-5-8-21-20(16-29)6-3-10-25(21)28;1-3-2/h4,7,9,15-17,19-21,25,27H,2-3,5-6,8,10-14H2,1H3;1-2H3. The van der Waals surface area contributed by atoms with Crippen LogP contribution in [0.3, 0.4) is 0 Å². The summed E-state index contributed by atoms with van der Waals surface area (Å²) < 4.78 is 4.25. The lowest BCUT2D eigenvalue weighted by molar-refractivity contribution is -0.115. The lowest BCUT2D eigenvalue weighted by atomic mass is 9.71. The Balaban J connectivity index is 0.000000775. The van der Waals surface area contributed by atoms with Crippen LogP contribution in [0.2, 0.25) is 0 Å². The quantitative estimate of drug-likeness (QED) is 0.533. The number of fused-ring (bicyclic) bond motifs is 2. The van der Waals surface area contributed by atoms with Crippen LogP contribution in [0.25, 0.3) is 10.9 Å². The first-order chi connectivity index (χ1) is 15.6. The molecule has 4 nitrogen and oxygen atoms in total. The fraction of sp³-hybridized carbons (Fsp3) is 0.607. The minimum atomic E-state index is 0.261. The van der Waals surface area contributed by atoms with Crippen LogP contribution in [0, 0.1) is 11.8 Å². The number of hydrogen-bond donors (Lipinski definition) is 1. The number of piperidine rings is 1. The number of methoxy groups -OCH3 is 1. The van der Waals surface area contributed by atoms with Gasteiger partial charge in [0.15, 0.2) is 0 Å². The largest absolute Gasteiger partial charge is 0.388 e. The van der Waals surface area contributed by atoms with Crippen LogP contribution in [0.1, 0.15) is 81.3 Å². The van der Waals surface area contributed by atoms with E-state index in [2.05, 4.69) is 52.5 Å². The van der Waals surface area contributed by atoms with E-state index in [1.54, 1.807) is 14.2 Å². The molecule has 0 amide bonds. The third kappa shape index (κ3) is 4.66. The number of rotatable bonds is 6. The second-order valence-electron chi connectivity index (χ2n) is 10.2. The van der Waals surface area contributed by atoms with E-state index < -0.39 is 0 Å². The zero-order chi connectivity index (χ0) is 22.7. The van der Waals surface area contributed by atoms with Crippen LogP contribution < -0.4 is 0 Å². The maximum absolute atomic E-state index is 11.6. The summed E-state index contributed by atoms with van der Waals surface area (Å²) in [5.74, 6) is 2.00. The van der Waals surface area contributed by atoms with Gasteiger partial charge in [-0.15, -0.1) is 0 Å². The molecule has 2 aliphatic carbocycles. The molecule has 2 saturated carbocycles. The normalized spacial score (nSPS) is 26.1. The Morgan fingerprint density at radius 2 is 2.00 bits per heavy atom. The molecule has 2 aromatic rings. The van der Waals surface area contributed by atoms with Gasteiger partial charge in [-0.05, 0) is 79.9 Å². The minimum absolute atomic E-state index is 0.261. The maximum atomic E-state index is 11.6. The van der Waals surface area contributed by atoms with Crippen molar-refractivity contribution in [1.29, 1.82) is 0 Å². The fourth-order valence-corrected chi connectivity index (χ4v) is 6.24. The first-order valence-electron chi connectivity index (χ1n) is 12.5. The summed E-state index contributed by atoms with van der Waals surface area (Å²) in [6.07, 6.45) is 13.0. The molecule has 5 rings (SSSR count). The maximum Gasteiger partial charge on any atom is 0.123 e. The van der Waals surface area contributed by atoms with Crippen LogP contribution in [-0.4, -0.2) is 43.0 Å². The van der Waals surface area contributed by atoms with E-state index in [0.29, 0.717) is 17.9 Å². The Morgan fingerprint density at radius 3 is 2.72 bits per heavy atom. The van der Waals surface area contributed by atoms with Gasteiger partial charge in [0, 0.05) is 55.5 Å². The molecule has 4 unspecified atom stereocenters. The van der Waals surface area contributed by atoms with Crippen molar-refractivity contribution in [2.75, 3.05) is 20.8 Å². The molecule has 0 spiro atoms. The number of carbonyl (C=O) groups is 1. The summed E-state index contributed by atoms with van der Waals surface area (Å²) in [6.45, 7) is 8.01. The number of likely N-dealkylation sites (tertiary alicyclic amines) is 1. The summed E-state index contributed by atoms with van der Waals surface area (Å²) in [4.78, 5) is 17.7. The van der Waals surface area contributed by atoms with E-state index in [1.165, 1.54) is 72.5 Å². The Labute approximate surface area is 193 Å². The number of allylic oxidation sites excluding steroid dienone is 1. The van der Waals surface area contributed by atoms with Crippen LogP contribution >= 0.6 is 0 Å². The number of benzene rings is 1. The number of nitrogens with zero attached hydrogens (tertiary/aromatic N) is 1. The summed E-state index contributed by atoms with van der Waals surface area (Å²) in [5.41, 5.74) is 5.54. The molecule has 3 aliphatic rings. The molecule has 3 fully saturated rings. The molecule has 0 bridgehead atoms. The number of aromatic nitrogens is 1. The Bertz CT molecular complexity index is 929. The van der Waals surface area contributed by atoms with Gasteiger partial charge in [0.2, 0.25) is 0 Å². The molecule has 1 N–H and O–H groups in total. The highest BCUT2D eigenvalue weighted by molar-refractivity contribution is 5.88. The number of hydrogen-bond acceptors (Lipinski definition) is 3. The first kappa shape index (κ1) is 23.1. The Hall–Kier alpha value is -2.07. The molecule has 32 heavy (non-hydrogen) atoms. The van der Waals surface area contributed by atoms with E-state index in [9.17, 15) is 4.79 Å². The van der Waals surface area contributed by atoms with Gasteiger partial charge in [0.1, 0.15) is 6.29 Å². The SMILES string of the molecule is C=C(CC(C)c1c[nH]c2cccc(C3CC3)c12)N1CCCC2C(C=O)CCCC21.COC. The van der Waals surface area contributed by atoms with E-state index in [0.717, 1.165) is 25.3 Å². The molecule has 4 heteroatoms. The van der Waals surface area contributed by atoms with Gasteiger partial charge in [-0.25, -0.2) is 0 Å². The van der Waals surface area contributed by atoms with Crippen molar-refractivity contribution in [1.82, 2.24) is 9.88 Å². The number of ether oxygens (including phenoxy) is 1. The average Bonchev–Trinajstić information content (AvgIpc) is 3.56. The molecular formula is C28H40N2O2. The first-order valence-corrected chi connectivity index (χ1v) is 12.5. The van der Waals surface area contributed by atoms with Crippen molar-refractivity contribution in [3.8, 4) is 0 Å². The lowest BCUT2D eigenvalue weighted by Crippen LogP contribution is -2.49. The number of H-pyrrole nitrogens is 1. The van der Waals surface area contributed by atoms with Crippen LogP contribution in [0.4, 0.5) is 0 Å². The molecular weight excluding hydrogens is 396 g/mol. The molecule has 2 heterocycles. The summed E-state index contributed by atoms with van der Waals surface area (Å²) >= 11 is 0.